The molecule has 3 amide bonds. The molecular formula is C47H54N8O4. The first-order valence-electron chi connectivity index (χ1n) is 21.6. The van der Waals surface area contributed by atoms with Crippen molar-refractivity contribution >= 4 is 17.9 Å². The van der Waals surface area contributed by atoms with E-state index < -0.39 is 6.09 Å². The standard InChI is InChI=1S/C47H54N8O4/c48-47(58)59-37-23-21-36(22-24-37)45(56)54-27-7-11-40(54)43-49-29-38(51-43)33-17-13-31(14-18-33)32-15-19-34(20-16-32)39-30-50-44(52-39)41-12-8-28-55(41)46(57)42(35-9-3-1-4-10-35)53-25-5-2-6-26-53/h1,3-4,9-10,13-20,29-30,36-37,40-42H,2,5-8,11-12,21-28H2,(H2,48,58)(H,49,51)(H,50,52)/t36?,37?,40-,41-,42+/m0/s1. The van der Waals surface area contributed by atoms with Crippen LogP contribution in [0.5, 0.6) is 0 Å². The van der Waals surface area contributed by atoms with Gasteiger partial charge in [-0.25, -0.2) is 14.8 Å². The molecule has 306 valence electrons. The summed E-state index contributed by atoms with van der Waals surface area (Å²) in [7, 11) is 0. The van der Waals surface area contributed by atoms with E-state index in [2.05, 4.69) is 80.4 Å². The number of hydrogen-bond acceptors (Lipinski definition) is 7. The second kappa shape index (κ2) is 17.2. The first-order valence-corrected chi connectivity index (χ1v) is 21.6. The van der Waals surface area contributed by atoms with Gasteiger partial charge in [0.2, 0.25) is 11.8 Å². The maximum absolute atomic E-state index is 14.4. The molecule has 4 aliphatic rings. The maximum Gasteiger partial charge on any atom is 0.404 e. The fraction of sp³-hybridized carbons (Fsp3) is 0.426. The Kier molecular flexibility index (Phi) is 11.3. The number of primary amides is 1. The number of amides is 3. The van der Waals surface area contributed by atoms with Crippen LogP contribution in [0.2, 0.25) is 0 Å². The highest BCUT2D eigenvalue weighted by atomic mass is 16.6. The molecule has 12 heteroatoms. The van der Waals surface area contributed by atoms with Gasteiger partial charge < -0.3 is 30.2 Å². The molecule has 0 bridgehead atoms. The smallest absolute Gasteiger partial charge is 0.404 e. The van der Waals surface area contributed by atoms with Crippen molar-refractivity contribution in [2.75, 3.05) is 26.2 Å². The number of piperidine rings is 1. The van der Waals surface area contributed by atoms with Gasteiger partial charge in [0.15, 0.2) is 0 Å². The van der Waals surface area contributed by atoms with E-state index in [1.54, 1.807) is 0 Å². The molecule has 3 aliphatic heterocycles. The van der Waals surface area contributed by atoms with Crippen molar-refractivity contribution in [2.45, 2.75) is 94.9 Å². The van der Waals surface area contributed by atoms with Crippen LogP contribution in [0.4, 0.5) is 4.79 Å². The Hall–Kier alpha value is -5.75. The number of rotatable bonds is 10. The van der Waals surface area contributed by atoms with Gasteiger partial charge in [0.25, 0.3) is 0 Å². The lowest BCUT2D eigenvalue weighted by Gasteiger charge is -2.37. The van der Waals surface area contributed by atoms with Crippen LogP contribution in [-0.2, 0) is 14.3 Å². The number of carbonyl (C=O) groups excluding carboxylic acids is 3. The molecule has 12 nitrogen and oxygen atoms in total. The van der Waals surface area contributed by atoms with E-state index in [-0.39, 0.29) is 42.0 Å². The molecule has 3 atom stereocenters. The van der Waals surface area contributed by atoms with Crippen molar-refractivity contribution in [1.82, 2.24) is 34.6 Å². The molecule has 3 saturated heterocycles. The Morgan fingerprint density at radius 2 is 1.14 bits per heavy atom. The van der Waals surface area contributed by atoms with Gasteiger partial charge in [-0.1, -0.05) is 85.3 Å². The molecule has 4 N–H and O–H groups in total. The van der Waals surface area contributed by atoms with Crippen molar-refractivity contribution in [1.29, 1.82) is 0 Å². The molecule has 0 radical (unpaired) electrons. The van der Waals surface area contributed by atoms with Crippen molar-refractivity contribution in [3.05, 3.63) is 108 Å². The molecule has 3 aromatic carbocycles. The highest BCUT2D eigenvalue weighted by Gasteiger charge is 2.40. The number of imidazole rings is 2. The molecule has 5 heterocycles. The van der Waals surface area contributed by atoms with Crippen LogP contribution in [0, 0.1) is 5.92 Å². The summed E-state index contributed by atoms with van der Waals surface area (Å²) in [5.74, 6) is 1.94. The summed E-state index contributed by atoms with van der Waals surface area (Å²) < 4.78 is 5.17. The Labute approximate surface area is 345 Å². The predicted molar refractivity (Wildman–Crippen MR) is 225 cm³/mol. The van der Waals surface area contributed by atoms with Gasteiger partial charge in [0, 0.05) is 19.0 Å². The van der Waals surface area contributed by atoms with Gasteiger partial charge in [0.05, 0.1) is 35.9 Å². The van der Waals surface area contributed by atoms with Crippen LogP contribution in [0.25, 0.3) is 33.6 Å². The number of nitrogens with two attached hydrogens (primary N) is 1. The highest BCUT2D eigenvalue weighted by Crippen LogP contribution is 2.38. The van der Waals surface area contributed by atoms with Crippen molar-refractivity contribution in [3.63, 3.8) is 0 Å². The summed E-state index contributed by atoms with van der Waals surface area (Å²) in [6, 6.07) is 26.8. The Bertz CT molecular complexity index is 2220. The van der Waals surface area contributed by atoms with Crippen molar-refractivity contribution in [3.8, 4) is 33.6 Å². The van der Waals surface area contributed by atoms with Crippen LogP contribution in [0.1, 0.15) is 106 Å². The number of H-pyrrole nitrogens is 2. The fourth-order valence-electron chi connectivity index (χ4n) is 9.92. The molecule has 2 aromatic heterocycles. The first kappa shape index (κ1) is 38.8. The minimum Gasteiger partial charge on any atom is -0.446 e. The molecule has 0 unspecified atom stereocenters. The molecule has 0 spiro atoms. The van der Waals surface area contributed by atoms with Crippen LogP contribution < -0.4 is 5.73 Å². The van der Waals surface area contributed by atoms with E-state index in [4.69, 9.17) is 20.4 Å². The number of nitrogens with zero attached hydrogens (tertiary/aromatic N) is 5. The number of carbonyl (C=O) groups is 3. The minimum atomic E-state index is -0.750. The summed E-state index contributed by atoms with van der Waals surface area (Å²) in [4.78, 5) is 62.2. The van der Waals surface area contributed by atoms with Crippen LogP contribution in [-0.4, -0.2) is 84.8 Å². The lowest BCUT2D eigenvalue weighted by atomic mass is 9.86. The topological polar surface area (TPSA) is 154 Å². The maximum atomic E-state index is 14.4. The second-order valence-electron chi connectivity index (χ2n) is 16.7. The van der Waals surface area contributed by atoms with Crippen LogP contribution in [0.15, 0.2) is 91.3 Å². The van der Waals surface area contributed by atoms with E-state index in [0.29, 0.717) is 25.7 Å². The number of aromatic nitrogens is 4. The van der Waals surface area contributed by atoms with Gasteiger partial charge in [-0.2, -0.15) is 0 Å². The lowest BCUT2D eigenvalue weighted by molar-refractivity contribution is -0.139. The van der Waals surface area contributed by atoms with E-state index in [9.17, 15) is 14.4 Å². The van der Waals surface area contributed by atoms with E-state index in [0.717, 1.165) is 116 Å². The molecule has 5 aromatic rings. The largest absolute Gasteiger partial charge is 0.446 e. The monoisotopic (exact) mass is 794 g/mol. The average molecular weight is 795 g/mol. The third-order valence-electron chi connectivity index (χ3n) is 13.0. The number of aromatic amines is 2. The second-order valence-corrected chi connectivity index (χ2v) is 16.7. The third-order valence-corrected chi connectivity index (χ3v) is 13.0. The minimum absolute atomic E-state index is 0.0703. The van der Waals surface area contributed by atoms with Gasteiger partial charge in [-0.15, -0.1) is 0 Å². The quantitative estimate of drug-likeness (QED) is 0.128. The number of likely N-dealkylation sites (tertiary alicyclic amines) is 3. The Balaban J connectivity index is 0.836. The zero-order chi connectivity index (χ0) is 40.3. The molecular weight excluding hydrogens is 741 g/mol. The van der Waals surface area contributed by atoms with Crippen LogP contribution in [0.3, 0.4) is 0 Å². The first-order chi connectivity index (χ1) is 28.9. The van der Waals surface area contributed by atoms with Crippen molar-refractivity contribution < 1.29 is 19.1 Å². The lowest BCUT2D eigenvalue weighted by Crippen LogP contribution is -2.44. The SMILES string of the molecule is NC(=O)OC1CCC(C(=O)N2CCC[C@H]2c2ncc(-c3ccc(-c4ccc(-c5cnc([C@@H]6CCCN6C(=O)[C@@H](c6ccccc6)N6CCCCC6)[nH]5)cc4)cc3)[nH]2)CC1. The van der Waals surface area contributed by atoms with Gasteiger partial charge in [0.1, 0.15) is 23.8 Å². The van der Waals surface area contributed by atoms with E-state index in [1.807, 2.05) is 35.5 Å². The number of nitrogens with one attached hydrogen (secondary N) is 2. The zero-order valence-corrected chi connectivity index (χ0v) is 33.6. The third kappa shape index (κ3) is 8.28. The predicted octanol–water partition coefficient (Wildman–Crippen LogP) is 8.34. The molecule has 9 rings (SSSR count). The zero-order valence-electron chi connectivity index (χ0n) is 33.6. The fourth-order valence-corrected chi connectivity index (χ4v) is 9.92. The summed E-state index contributed by atoms with van der Waals surface area (Å²) in [6.45, 7) is 3.37. The highest BCUT2D eigenvalue weighted by molar-refractivity contribution is 5.84. The molecule has 4 fully saturated rings. The van der Waals surface area contributed by atoms with Gasteiger partial charge >= 0.3 is 6.09 Å². The van der Waals surface area contributed by atoms with Gasteiger partial charge in [-0.05, 0) is 105 Å². The number of benzene rings is 3. The summed E-state index contributed by atoms with van der Waals surface area (Å²) in [5, 5.41) is 0. The normalized spacial score (nSPS) is 23.0. The molecule has 1 aliphatic carbocycles. The summed E-state index contributed by atoms with van der Waals surface area (Å²) in [5.41, 5.74) is 12.4. The average Bonchev–Trinajstić information content (AvgIpc) is 4.12. The van der Waals surface area contributed by atoms with Gasteiger partial charge in [-0.3, -0.25) is 14.5 Å². The molecule has 59 heavy (non-hydrogen) atoms. The van der Waals surface area contributed by atoms with Crippen LogP contribution >= 0.6 is 0 Å². The van der Waals surface area contributed by atoms with E-state index >= 15 is 0 Å². The molecule has 1 saturated carbocycles. The number of ether oxygens (including phenoxy) is 1. The van der Waals surface area contributed by atoms with E-state index in [1.165, 1.54) is 6.42 Å². The number of hydrogen-bond donors (Lipinski definition) is 3. The Morgan fingerprint density at radius 1 is 0.610 bits per heavy atom. The Morgan fingerprint density at radius 3 is 1.69 bits per heavy atom. The summed E-state index contributed by atoms with van der Waals surface area (Å²) >= 11 is 0. The summed E-state index contributed by atoms with van der Waals surface area (Å²) in [6.07, 6.45) is 12.7. The van der Waals surface area contributed by atoms with Crippen molar-refractivity contribution in [2.24, 2.45) is 11.7 Å².